The molecule has 0 spiro atoms. The predicted molar refractivity (Wildman–Crippen MR) is 189 cm³/mol. The average molecular weight is 660 g/mol. The normalized spacial score (nSPS) is 14.9. The molecule has 1 aliphatic rings. The number of benzene rings is 3. The highest BCUT2D eigenvalue weighted by atomic mass is 16.7. The second kappa shape index (κ2) is 19.1. The van der Waals surface area contributed by atoms with Gasteiger partial charge in [0.15, 0.2) is 6.29 Å². The van der Waals surface area contributed by atoms with Gasteiger partial charge in [0.05, 0.1) is 12.6 Å². The van der Waals surface area contributed by atoms with Gasteiger partial charge in [-0.15, -0.1) is 0 Å². The minimum Gasteiger partial charge on any atom is -0.351 e. The molecule has 0 aliphatic heterocycles. The molecule has 3 N–H and O–H groups in total. The highest BCUT2D eigenvalue weighted by Gasteiger charge is 2.34. The van der Waals surface area contributed by atoms with Crippen LogP contribution in [0.15, 0.2) is 72.8 Å². The van der Waals surface area contributed by atoms with Gasteiger partial charge in [-0.05, 0) is 61.4 Å². The van der Waals surface area contributed by atoms with Crippen LogP contribution in [0.5, 0.6) is 0 Å². The number of amides is 4. The maximum absolute atomic E-state index is 14.7. The Morgan fingerprint density at radius 1 is 0.875 bits per heavy atom. The molecule has 0 bridgehead atoms. The molecule has 260 valence electrons. The average Bonchev–Trinajstić information content (AvgIpc) is 3.09. The summed E-state index contributed by atoms with van der Waals surface area (Å²) in [5.74, 6) is -0.145. The van der Waals surface area contributed by atoms with Crippen molar-refractivity contribution in [2.45, 2.75) is 84.2 Å². The van der Waals surface area contributed by atoms with Crippen molar-refractivity contribution in [3.8, 4) is 0 Å². The van der Waals surface area contributed by atoms with E-state index in [-0.39, 0.29) is 30.8 Å². The van der Waals surface area contributed by atoms with E-state index >= 15 is 0 Å². The number of fused-ring (bicyclic) bond motifs is 1. The molecule has 10 heteroatoms. The Kier molecular flexibility index (Phi) is 14.7. The molecule has 1 fully saturated rings. The fraction of sp³-hybridized carbons (Fsp3) is 0.500. The molecule has 1 saturated carbocycles. The first-order valence-corrected chi connectivity index (χ1v) is 17.4. The molecule has 48 heavy (non-hydrogen) atoms. The van der Waals surface area contributed by atoms with Crippen molar-refractivity contribution in [2.75, 3.05) is 33.4 Å². The molecule has 0 heterocycles. The summed E-state index contributed by atoms with van der Waals surface area (Å²) in [5, 5.41) is 9.49. The number of nitrogens with zero attached hydrogens (tertiary/aromatic N) is 2. The van der Waals surface area contributed by atoms with Gasteiger partial charge in [0.1, 0.15) is 6.04 Å². The highest BCUT2D eigenvalue weighted by molar-refractivity contribution is 5.90. The van der Waals surface area contributed by atoms with E-state index in [1.165, 1.54) is 24.3 Å². The minimum absolute atomic E-state index is 0.130. The van der Waals surface area contributed by atoms with Crippen molar-refractivity contribution < 1.29 is 23.9 Å². The van der Waals surface area contributed by atoms with E-state index in [4.69, 9.17) is 9.47 Å². The SMILES string of the molecule is CCOC(OCC)C(C)N(Cc1cccc2ccccc12)C(=O)C(Cc1ccccc1)NC(=O)CN(C)NC(=O)NCC1CCCCC1. The summed E-state index contributed by atoms with van der Waals surface area (Å²) >= 11 is 0. The summed E-state index contributed by atoms with van der Waals surface area (Å²) in [4.78, 5) is 42.5. The number of ether oxygens (including phenoxy) is 2. The van der Waals surface area contributed by atoms with Gasteiger partial charge >= 0.3 is 6.03 Å². The lowest BCUT2D eigenvalue weighted by Crippen LogP contribution is -2.57. The van der Waals surface area contributed by atoms with Crippen LogP contribution in [-0.2, 0) is 32.0 Å². The zero-order chi connectivity index (χ0) is 34.3. The molecule has 3 aromatic rings. The number of carbonyl (C=O) groups is 3. The Morgan fingerprint density at radius 2 is 1.54 bits per heavy atom. The van der Waals surface area contributed by atoms with Gasteiger partial charge in [-0.3, -0.25) is 15.0 Å². The van der Waals surface area contributed by atoms with Crippen LogP contribution in [0.25, 0.3) is 10.8 Å². The van der Waals surface area contributed by atoms with Crippen LogP contribution in [0.4, 0.5) is 4.79 Å². The molecule has 4 rings (SSSR count). The number of nitrogens with one attached hydrogen (secondary N) is 3. The summed E-state index contributed by atoms with van der Waals surface area (Å²) < 4.78 is 11.9. The maximum Gasteiger partial charge on any atom is 0.329 e. The molecule has 4 amide bonds. The fourth-order valence-corrected chi connectivity index (χ4v) is 6.42. The monoisotopic (exact) mass is 659 g/mol. The van der Waals surface area contributed by atoms with Crippen LogP contribution < -0.4 is 16.1 Å². The Balaban J connectivity index is 1.53. The summed E-state index contributed by atoms with van der Waals surface area (Å²) in [7, 11) is 1.64. The third-order valence-electron chi connectivity index (χ3n) is 8.92. The Hall–Kier alpha value is -3.99. The molecule has 1 aliphatic carbocycles. The number of hydrogen-bond acceptors (Lipinski definition) is 6. The van der Waals surface area contributed by atoms with Gasteiger partial charge in [0.25, 0.3) is 0 Å². The van der Waals surface area contributed by atoms with Crippen molar-refractivity contribution in [1.82, 2.24) is 26.0 Å². The molecule has 0 aromatic heterocycles. The smallest absolute Gasteiger partial charge is 0.329 e. The standard InChI is InChI=1S/C38H53N5O5/c1-5-47-37(48-6-2)28(3)43(26-32-22-15-21-31-20-13-14-23-33(31)32)36(45)34(24-29-16-9-7-10-17-29)40-35(44)27-42(4)41-38(46)39-25-30-18-11-8-12-19-30/h7,9-10,13-17,20-23,28,30,34,37H,5-6,8,11-12,18-19,24-27H2,1-4H3,(H,40,44)(H2,39,41,46). The third-order valence-corrected chi connectivity index (χ3v) is 8.92. The lowest BCUT2D eigenvalue weighted by atomic mass is 9.89. The molecule has 10 nitrogen and oxygen atoms in total. The largest absolute Gasteiger partial charge is 0.351 e. The maximum atomic E-state index is 14.7. The van der Waals surface area contributed by atoms with Crippen molar-refractivity contribution >= 4 is 28.6 Å². The Morgan fingerprint density at radius 3 is 2.25 bits per heavy atom. The van der Waals surface area contributed by atoms with E-state index in [1.807, 2.05) is 75.4 Å². The van der Waals surface area contributed by atoms with E-state index in [9.17, 15) is 14.4 Å². The van der Waals surface area contributed by atoms with Crippen LogP contribution in [0, 0.1) is 5.92 Å². The van der Waals surface area contributed by atoms with Crippen molar-refractivity contribution in [3.05, 3.63) is 83.9 Å². The summed E-state index contributed by atoms with van der Waals surface area (Å²) in [5.41, 5.74) is 4.62. The molecular weight excluding hydrogens is 606 g/mol. The van der Waals surface area contributed by atoms with Gasteiger partial charge < -0.3 is 25.0 Å². The fourth-order valence-electron chi connectivity index (χ4n) is 6.42. The zero-order valence-electron chi connectivity index (χ0n) is 29.0. The molecule has 0 saturated heterocycles. The van der Waals surface area contributed by atoms with Crippen molar-refractivity contribution in [2.24, 2.45) is 5.92 Å². The van der Waals surface area contributed by atoms with Gasteiger partial charge in [-0.2, -0.15) is 0 Å². The van der Waals surface area contributed by atoms with Crippen LogP contribution in [-0.4, -0.2) is 79.5 Å². The van der Waals surface area contributed by atoms with E-state index in [2.05, 4.69) is 34.3 Å². The number of hydrogen-bond donors (Lipinski definition) is 3. The minimum atomic E-state index is -0.880. The molecule has 3 aromatic carbocycles. The number of urea groups is 1. The number of hydrazine groups is 1. The highest BCUT2D eigenvalue weighted by Crippen LogP contribution is 2.24. The van der Waals surface area contributed by atoms with Crippen molar-refractivity contribution in [1.29, 1.82) is 0 Å². The quantitative estimate of drug-likeness (QED) is 0.132. The number of carbonyl (C=O) groups excluding carboxylic acids is 3. The second-order valence-corrected chi connectivity index (χ2v) is 12.6. The lowest BCUT2D eigenvalue weighted by molar-refractivity contribution is -0.179. The first-order chi connectivity index (χ1) is 23.3. The zero-order valence-corrected chi connectivity index (χ0v) is 29.0. The van der Waals surface area contributed by atoms with Gasteiger partial charge in [-0.1, -0.05) is 92.1 Å². The summed E-state index contributed by atoms with van der Waals surface area (Å²) in [6, 6.07) is 22.1. The van der Waals surface area contributed by atoms with Gasteiger partial charge in [0.2, 0.25) is 11.8 Å². The Labute approximate surface area is 285 Å². The van der Waals surface area contributed by atoms with Gasteiger partial charge in [-0.25, -0.2) is 9.80 Å². The molecule has 2 atom stereocenters. The predicted octanol–water partition coefficient (Wildman–Crippen LogP) is 5.41. The first-order valence-electron chi connectivity index (χ1n) is 17.4. The number of likely N-dealkylation sites (N-methyl/N-ethyl adjacent to an activating group) is 1. The van der Waals surface area contributed by atoms with Crippen LogP contribution in [0.2, 0.25) is 0 Å². The molecule has 2 unspecified atom stereocenters. The second-order valence-electron chi connectivity index (χ2n) is 12.6. The van der Waals surface area contributed by atoms with Crippen LogP contribution in [0.1, 0.15) is 64.0 Å². The van der Waals surface area contributed by atoms with Crippen LogP contribution in [0.3, 0.4) is 0 Å². The first kappa shape index (κ1) is 36.8. The molecule has 0 radical (unpaired) electrons. The van der Waals surface area contributed by atoms with Gasteiger partial charge in [0, 0.05) is 39.8 Å². The lowest BCUT2D eigenvalue weighted by Gasteiger charge is -2.37. The van der Waals surface area contributed by atoms with E-state index in [0.29, 0.717) is 32.2 Å². The topological polar surface area (TPSA) is 112 Å². The number of rotatable bonds is 17. The van der Waals surface area contributed by atoms with E-state index in [1.54, 1.807) is 11.9 Å². The summed E-state index contributed by atoms with van der Waals surface area (Å²) in [6.45, 7) is 7.34. The van der Waals surface area contributed by atoms with E-state index < -0.39 is 18.4 Å². The van der Waals surface area contributed by atoms with Crippen molar-refractivity contribution in [3.63, 3.8) is 0 Å². The van der Waals surface area contributed by atoms with Crippen LogP contribution >= 0.6 is 0 Å². The van der Waals surface area contributed by atoms with E-state index in [0.717, 1.165) is 34.7 Å². The third kappa shape index (κ3) is 11.0. The summed E-state index contributed by atoms with van der Waals surface area (Å²) in [6.07, 6.45) is 5.54. The Bertz CT molecular complexity index is 1440. The molecular formula is C38H53N5O5.